The van der Waals surface area contributed by atoms with Gasteiger partial charge in [0.2, 0.25) is 5.88 Å². The first kappa shape index (κ1) is 19.1. The number of hydrogen-bond donors (Lipinski definition) is 0. The van der Waals surface area contributed by atoms with Crippen molar-refractivity contribution in [2.24, 2.45) is 0 Å². The van der Waals surface area contributed by atoms with Crippen LogP contribution in [0.1, 0.15) is 41.4 Å². The second-order valence-corrected chi connectivity index (χ2v) is 8.00. The number of esters is 1. The van der Waals surface area contributed by atoms with Crippen LogP contribution in [0.4, 0.5) is 0 Å². The normalized spacial score (nSPS) is 11.8. The average Bonchev–Trinajstić information content (AvgIpc) is 2.96. The lowest BCUT2D eigenvalue weighted by atomic mass is 10.0. The second kappa shape index (κ2) is 7.37. The summed E-state index contributed by atoms with van der Waals surface area (Å²) in [5.41, 5.74) is 1.26. The second-order valence-electron chi connectivity index (χ2n) is 6.02. The van der Waals surface area contributed by atoms with Gasteiger partial charge in [-0.15, -0.1) is 0 Å². The van der Waals surface area contributed by atoms with Gasteiger partial charge in [-0.3, -0.25) is 0 Å². The summed E-state index contributed by atoms with van der Waals surface area (Å²) in [6.07, 6.45) is 2.68. The maximum absolute atomic E-state index is 12.6. The molecule has 2 aromatic rings. The molecule has 136 valence electrons. The highest BCUT2D eigenvalue weighted by Crippen LogP contribution is 2.25. The van der Waals surface area contributed by atoms with Crippen LogP contribution in [0.25, 0.3) is 0 Å². The molecule has 2 rings (SSSR count). The van der Waals surface area contributed by atoms with Crippen LogP contribution in [-0.4, -0.2) is 37.5 Å². The molecule has 0 aliphatic rings. The summed E-state index contributed by atoms with van der Waals surface area (Å²) in [7, 11) is -1.96. The van der Waals surface area contributed by atoms with E-state index in [9.17, 15) is 13.2 Å². The van der Waals surface area contributed by atoms with E-state index in [-0.39, 0.29) is 23.1 Å². The molecule has 1 aromatic carbocycles. The molecule has 7 nitrogen and oxygen atoms in total. The minimum atomic E-state index is -3.43. The Kier molecular flexibility index (Phi) is 5.64. The third-order valence-corrected chi connectivity index (χ3v) is 4.97. The van der Waals surface area contributed by atoms with E-state index >= 15 is 0 Å². The number of ether oxygens (including phenoxy) is 2. The maximum Gasteiger partial charge on any atom is 0.345 e. The van der Waals surface area contributed by atoms with Crippen molar-refractivity contribution in [1.82, 2.24) is 9.78 Å². The Hall–Kier alpha value is -2.19. The number of hydrogen-bond acceptors (Lipinski definition) is 6. The molecule has 0 saturated carbocycles. The monoisotopic (exact) mass is 366 g/mol. The third-order valence-electron chi connectivity index (χ3n) is 3.78. The number of carbonyl (C=O) groups is 1. The Labute approximate surface area is 147 Å². The van der Waals surface area contributed by atoms with Crippen molar-refractivity contribution in [3.8, 4) is 5.88 Å². The van der Waals surface area contributed by atoms with E-state index in [0.29, 0.717) is 17.0 Å². The summed E-state index contributed by atoms with van der Waals surface area (Å²) in [5.74, 6) is -0.239. The SMILES string of the molecule is COCc1c(S(C)(=O)=O)ccc(C(=O)Oc2ccnn2C(C)C)c1C. The molecule has 0 amide bonds. The summed E-state index contributed by atoms with van der Waals surface area (Å²) in [6.45, 7) is 5.61. The van der Waals surface area contributed by atoms with Gasteiger partial charge in [0.15, 0.2) is 9.84 Å². The molecule has 1 heterocycles. The van der Waals surface area contributed by atoms with E-state index in [2.05, 4.69) is 5.10 Å². The summed E-state index contributed by atoms with van der Waals surface area (Å²) in [4.78, 5) is 12.7. The summed E-state index contributed by atoms with van der Waals surface area (Å²) >= 11 is 0. The van der Waals surface area contributed by atoms with Gasteiger partial charge >= 0.3 is 5.97 Å². The molecular formula is C17H22N2O5S. The van der Waals surface area contributed by atoms with Crippen LogP contribution in [0.5, 0.6) is 5.88 Å². The standard InChI is InChI=1S/C17H22N2O5S/c1-11(2)19-16(8-9-18-19)24-17(20)13-6-7-15(25(5,21)22)14(10-23-4)12(13)3/h6-9,11H,10H2,1-5H3. The maximum atomic E-state index is 12.6. The first-order valence-corrected chi connectivity index (χ1v) is 9.63. The van der Waals surface area contributed by atoms with Crippen LogP contribution in [0.3, 0.4) is 0 Å². The summed E-state index contributed by atoms with van der Waals surface area (Å²) < 4.78 is 36.0. The van der Waals surface area contributed by atoms with Gasteiger partial charge < -0.3 is 9.47 Å². The van der Waals surface area contributed by atoms with Crippen molar-refractivity contribution >= 4 is 15.8 Å². The third kappa shape index (κ3) is 4.08. The van der Waals surface area contributed by atoms with E-state index in [0.717, 1.165) is 6.26 Å². The van der Waals surface area contributed by atoms with Crippen molar-refractivity contribution in [3.05, 3.63) is 41.1 Å². The molecule has 0 spiro atoms. The Balaban J connectivity index is 2.44. The predicted molar refractivity (Wildman–Crippen MR) is 92.6 cm³/mol. The van der Waals surface area contributed by atoms with E-state index in [1.54, 1.807) is 23.9 Å². The highest BCUT2D eigenvalue weighted by molar-refractivity contribution is 7.90. The Bertz CT molecular complexity index is 884. The molecule has 0 saturated heterocycles. The fourth-order valence-corrected chi connectivity index (χ4v) is 3.52. The van der Waals surface area contributed by atoms with Crippen LogP contribution in [-0.2, 0) is 21.2 Å². The molecule has 0 atom stereocenters. The van der Waals surface area contributed by atoms with E-state index in [4.69, 9.17) is 9.47 Å². The predicted octanol–water partition coefficient (Wildman–Crippen LogP) is 2.54. The van der Waals surface area contributed by atoms with Crippen molar-refractivity contribution in [1.29, 1.82) is 0 Å². The number of sulfone groups is 1. The smallest absolute Gasteiger partial charge is 0.345 e. The van der Waals surface area contributed by atoms with Gasteiger partial charge in [0.05, 0.1) is 29.3 Å². The van der Waals surface area contributed by atoms with Crippen LogP contribution in [0.15, 0.2) is 29.3 Å². The molecule has 25 heavy (non-hydrogen) atoms. The molecule has 0 radical (unpaired) electrons. The van der Waals surface area contributed by atoms with Gasteiger partial charge in [-0.25, -0.2) is 17.9 Å². The quantitative estimate of drug-likeness (QED) is 0.730. The van der Waals surface area contributed by atoms with Crippen molar-refractivity contribution in [2.75, 3.05) is 13.4 Å². The lowest BCUT2D eigenvalue weighted by molar-refractivity contribution is 0.0714. The van der Waals surface area contributed by atoms with Crippen LogP contribution in [0, 0.1) is 6.92 Å². The number of carbonyl (C=O) groups excluding carboxylic acids is 1. The zero-order valence-corrected chi connectivity index (χ0v) is 15.8. The van der Waals surface area contributed by atoms with Gasteiger partial charge in [-0.2, -0.15) is 5.10 Å². The van der Waals surface area contributed by atoms with Gasteiger partial charge in [-0.1, -0.05) is 0 Å². The van der Waals surface area contributed by atoms with Gasteiger partial charge in [0.1, 0.15) is 0 Å². The Morgan fingerprint density at radius 1 is 1.28 bits per heavy atom. The summed E-state index contributed by atoms with van der Waals surface area (Å²) in [6, 6.07) is 4.51. The number of benzene rings is 1. The first-order chi connectivity index (χ1) is 11.7. The molecule has 1 aromatic heterocycles. The van der Waals surface area contributed by atoms with Crippen molar-refractivity contribution in [2.45, 2.75) is 38.3 Å². The van der Waals surface area contributed by atoms with E-state index in [1.165, 1.54) is 19.2 Å². The minimum absolute atomic E-state index is 0.0376. The lowest BCUT2D eigenvalue weighted by Gasteiger charge is -2.15. The number of nitrogens with zero attached hydrogens (tertiary/aromatic N) is 2. The lowest BCUT2D eigenvalue weighted by Crippen LogP contribution is -2.16. The van der Waals surface area contributed by atoms with Crippen molar-refractivity contribution in [3.63, 3.8) is 0 Å². The highest BCUT2D eigenvalue weighted by atomic mass is 32.2. The largest absolute Gasteiger partial charge is 0.404 e. The topological polar surface area (TPSA) is 87.5 Å². The van der Waals surface area contributed by atoms with E-state index in [1.807, 2.05) is 13.8 Å². The van der Waals surface area contributed by atoms with Gasteiger partial charge in [0, 0.05) is 25.0 Å². The fourth-order valence-electron chi connectivity index (χ4n) is 2.54. The first-order valence-electron chi connectivity index (χ1n) is 7.74. The highest BCUT2D eigenvalue weighted by Gasteiger charge is 2.22. The Morgan fingerprint density at radius 2 is 1.96 bits per heavy atom. The van der Waals surface area contributed by atoms with Crippen LogP contribution < -0.4 is 4.74 Å². The van der Waals surface area contributed by atoms with E-state index < -0.39 is 15.8 Å². The number of rotatable bonds is 6. The minimum Gasteiger partial charge on any atom is -0.404 e. The molecule has 0 aliphatic carbocycles. The number of methoxy groups -OCH3 is 1. The molecule has 0 unspecified atom stereocenters. The van der Waals surface area contributed by atoms with Gasteiger partial charge in [-0.05, 0) is 38.5 Å². The zero-order valence-electron chi connectivity index (χ0n) is 14.9. The average molecular weight is 366 g/mol. The number of aromatic nitrogens is 2. The summed E-state index contributed by atoms with van der Waals surface area (Å²) in [5, 5.41) is 4.12. The van der Waals surface area contributed by atoms with Crippen LogP contribution in [0.2, 0.25) is 0 Å². The van der Waals surface area contributed by atoms with Gasteiger partial charge in [0.25, 0.3) is 0 Å². The molecule has 8 heteroatoms. The van der Waals surface area contributed by atoms with Crippen molar-refractivity contribution < 1.29 is 22.7 Å². The Morgan fingerprint density at radius 3 is 2.52 bits per heavy atom. The molecule has 0 fully saturated rings. The molecule has 0 bridgehead atoms. The molecular weight excluding hydrogens is 344 g/mol. The van der Waals surface area contributed by atoms with Crippen LogP contribution >= 0.6 is 0 Å². The molecule has 0 N–H and O–H groups in total. The zero-order chi connectivity index (χ0) is 18.8. The fraction of sp³-hybridized carbons (Fsp3) is 0.412. The molecule has 0 aliphatic heterocycles.